The highest BCUT2D eigenvalue weighted by Crippen LogP contribution is 2.37. The van der Waals surface area contributed by atoms with Crippen molar-refractivity contribution in [3.8, 4) is 17.2 Å². The second-order valence-electron chi connectivity index (χ2n) is 7.71. The summed E-state index contributed by atoms with van der Waals surface area (Å²) in [6.07, 6.45) is 4.71. The van der Waals surface area contributed by atoms with Crippen LogP contribution in [0.15, 0.2) is 36.4 Å². The van der Waals surface area contributed by atoms with Gasteiger partial charge in [-0.3, -0.25) is 9.59 Å². The fourth-order valence-corrected chi connectivity index (χ4v) is 3.79. The number of unbranched alkanes of at least 4 members (excludes halogenated alkanes) is 2. The van der Waals surface area contributed by atoms with E-state index >= 15 is 0 Å². The first-order valence-electron chi connectivity index (χ1n) is 10.9. The van der Waals surface area contributed by atoms with E-state index < -0.39 is 0 Å². The van der Waals surface area contributed by atoms with Gasteiger partial charge in [0, 0.05) is 31.1 Å². The first kappa shape index (κ1) is 22.7. The van der Waals surface area contributed by atoms with Crippen LogP contribution in [0.1, 0.15) is 54.6 Å². The van der Waals surface area contributed by atoms with Gasteiger partial charge in [-0.2, -0.15) is 0 Å². The monoisotopic (exact) mass is 425 g/mol. The van der Waals surface area contributed by atoms with Crippen molar-refractivity contribution in [1.82, 2.24) is 4.90 Å². The van der Waals surface area contributed by atoms with Gasteiger partial charge in [0.1, 0.15) is 5.75 Å². The van der Waals surface area contributed by atoms with Crippen LogP contribution in [0.4, 0.5) is 0 Å². The maximum absolute atomic E-state index is 13.1. The van der Waals surface area contributed by atoms with Crippen LogP contribution in [0, 0.1) is 0 Å². The molecular formula is C25H31NO5. The lowest BCUT2D eigenvalue weighted by molar-refractivity contribution is -0.131. The maximum atomic E-state index is 13.1. The van der Waals surface area contributed by atoms with Gasteiger partial charge in [0.05, 0.1) is 13.7 Å². The fourth-order valence-electron chi connectivity index (χ4n) is 3.79. The molecule has 31 heavy (non-hydrogen) atoms. The third kappa shape index (κ3) is 5.78. The van der Waals surface area contributed by atoms with Crippen LogP contribution in [0.5, 0.6) is 17.2 Å². The number of rotatable bonds is 10. The molecule has 6 heteroatoms. The van der Waals surface area contributed by atoms with E-state index in [0.717, 1.165) is 43.2 Å². The zero-order valence-corrected chi connectivity index (χ0v) is 18.6. The first-order chi connectivity index (χ1) is 15.0. The van der Waals surface area contributed by atoms with Gasteiger partial charge in [0.15, 0.2) is 11.5 Å². The minimum Gasteiger partial charge on any atom is -0.493 e. The van der Waals surface area contributed by atoms with Crippen molar-refractivity contribution in [2.24, 2.45) is 0 Å². The molecule has 0 radical (unpaired) electrons. The van der Waals surface area contributed by atoms with Crippen LogP contribution in [0.25, 0.3) is 0 Å². The lowest BCUT2D eigenvalue weighted by Gasteiger charge is -2.30. The van der Waals surface area contributed by atoms with E-state index in [9.17, 15) is 9.59 Å². The Balaban J connectivity index is 1.66. The number of methoxy groups -OCH3 is 1. The summed E-state index contributed by atoms with van der Waals surface area (Å²) in [5.74, 6) is 1.61. The summed E-state index contributed by atoms with van der Waals surface area (Å²) in [7, 11) is 1.63. The van der Waals surface area contributed by atoms with E-state index in [-0.39, 0.29) is 11.9 Å². The largest absolute Gasteiger partial charge is 0.493 e. The van der Waals surface area contributed by atoms with E-state index in [1.165, 1.54) is 6.92 Å². The second kappa shape index (κ2) is 10.8. The minimum atomic E-state index is -0.337. The van der Waals surface area contributed by atoms with E-state index in [2.05, 4.69) is 6.92 Å². The number of fused-ring (bicyclic) bond motifs is 1. The Morgan fingerprint density at radius 3 is 2.55 bits per heavy atom. The molecule has 0 bridgehead atoms. The van der Waals surface area contributed by atoms with Crippen molar-refractivity contribution in [2.45, 2.75) is 46.0 Å². The van der Waals surface area contributed by atoms with Crippen LogP contribution in [0.2, 0.25) is 0 Å². The SMILES string of the molecule is CCCCCOc1c(OC)ccc2c1CCN(CCc1ccc(OC(C)=O)cc1)C2=O. The summed E-state index contributed by atoms with van der Waals surface area (Å²) >= 11 is 0. The van der Waals surface area contributed by atoms with Gasteiger partial charge in [0.2, 0.25) is 0 Å². The summed E-state index contributed by atoms with van der Waals surface area (Å²) in [5.41, 5.74) is 2.73. The number of nitrogens with zero attached hydrogens (tertiary/aromatic N) is 1. The number of hydrogen-bond acceptors (Lipinski definition) is 5. The average molecular weight is 426 g/mol. The molecule has 3 rings (SSSR count). The van der Waals surface area contributed by atoms with Gasteiger partial charge in [-0.05, 0) is 49.1 Å². The van der Waals surface area contributed by atoms with Gasteiger partial charge < -0.3 is 19.1 Å². The minimum absolute atomic E-state index is 0.0267. The molecule has 0 saturated carbocycles. The number of ether oxygens (including phenoxy) is 3. The van der Waals surface area contributed by atoms with Crippen molar-refractivity contribution in [3.63, 3.8) is 0 Å². The lowest BCUT2D eigenvalue weighted by atomic mass is 9.96. The molecule has 1 heterocycles. The van der Waals surface area contributed by atoms with Gasteiger partial charge in [0.25, 0.3) is 5.91 Å². The summed E-state index contributed by atoms with van der Waals surface area (Å²) in [6, 6.07) is 11.1. The molecule has 1 aliphatic heterocycles. The highest BCUT2D eigenvalue weighted by molar-refractivity contribution is 5.98. The number of amides is 1. The van der Waals surface area contributed by atoms with Crippen molar-refractivity contribution in [3.05, 3.63) is 53.1 Å². The molecule has 0 aliphatic carbocycles. The van der Waals surface area contributed by atoms with Gasteiger partial charge in [-0.1, -0.05) is 31.9 Å². The molecule has 1 amide bonds. The molecule has 0 aromatic heterocycles. The standard InChI is InChI=1S/C25H31NO5/c1-4-5-6-17-30-24-21-14-16-26(25(28)22(21)11-12-23(24)29-3)15-13-19-7-9-20(10-8-19)31-18(2)27/h7-12H,4-6,13-17H2,1-3H3. The normalized spacial score (nSPS) is 13.0. The third-order valence-corrected chi connectivity index (χ3v) is 5.44. The van der Waals surface area contributed by atoms with Crippen molar-refractivity contribution >= 4 is 11.9 Å². The van der Waals surface area contributed by atoms with Gasteiger partial charge in [-0.25, -0.2) is 0 Å². The van der Waals surface area contributed by atoms with E-state index in [1.807, 2.05) is 29.2 Å². The average Bonchev–Trinajstić information content (AvgIpc) is 2.77. The second-order valence-corrected chi connectivity index (χ2v) is 7.71. The highest BCUT2D eigenvalue weighted by Gasteiger charge is 2.28. The molecule has 2 aromatic rings. The van der Waals surface area contributed by atoms with Crippen LogP contribution in [-0.4, -0.2) is 43.6 Å². The fraction of sp³-hybridized carbons (Fsp3) is 0.440. The van der Waals surface area contributed by atoms with E-state index in [1.54, 1.807) is 19.2 Å². The molecule has 0 atom stereocenters. The molecule has 2 aromatic carbocycles. The highest BCUT2D eigenvalue weighted by atomic mass is 16.5. The summed E-state index contributed by atoms with van der Waals surface area (Å²) in [5, 5.41) is 0. The molecule has 0 saturated heterocycles. The van der Waals surface area contributed by atoms with E-state index in [0.29, 0.717) is 42.5 Å². The summed E-state index contributed by atoms with van der Waals surface area (Å²) in [6.45, 7) is 5.44. The maximum Gasteiger partial charge on any atom is 0.308 e. The number of hydrogen-bond donors (Lipinski definition) is 0. The van der Waals surface area contributed by atoms with Crippen molar-refractivity contribution in [1.29, 1.82) is 0 Å². The summed E-state index contributed by atoms with van der Waals surface area (Å²) < 4.78 is 16.6. The molecule has 0 fully saturated rings. The van der Waals surface area contributed by atoms with Gasteiger partial charge in [-0.15, -0.1) is 0 Å². The Bertz CT molecular complexity index is 907. The zero-order chi connectivity index (χ0) is 22.2. The van der Waals surface area contributed by atoms with Crippen LogP contribution < -0.4 is 14.2 Å². The Kier molecular flexibility index (Phi) is 7.93. The Hall–Kier alpha value is -3.02. The zero-order valence-electron chi connectivity index (χ0n) is 18.6. The molecule has 1 aliphatic rings. The van der Waals surface area contributed by atoms with Crippen molar-refractivity contribution in [2.75, 3.05) is 26.8 Å². The Morgan fingerprint density at radius 1 is 1.10 bits per heavy atom. The quantitative estimate of drug-likeness (QED) is 0.320. The summed E-state index contributed by atoms with van der Waals surface area (Å²) in [4.78, 5) is 26.0. The predicted octanol–water partition coefficient (Wildman–Crippen LogP) is 4.43. The Labute approximate surface area is 184 Å². The number of carbonyl (C=O) groups excluding carboxylic acids is 2. The van der Waals surface area contributed by atoms with E-state index in [4.69, 9.17) is 14.2 Å². The molecule has 0 spiro atoms. The Morgan fingerprint density at radius 2 is 1.87 bits per heavy atom. The van der Waals surface area contributed by atoms with Crippen molar-refractivity contribution < 1.29 is 23.8 Å². The van der Waals surface area contributed by atoms with Crippen LogP contribution in [0.3, 0.4) is 0 Å². The predicted molar refractivity (Wildman–Crippen MR) is 119 cm³/mol. The lowest BCUT2D eigenvalue weighted by Crippen LogP contribution is -2.39. The number of carbonyl (C=O) groups is 2. The molecular weight excluding hydrogens is 394 g/mol. The third-order valence-electron chi connectivity index (χ3n) is 5.44. The molecule has 166 valence electrons. The van der Waals surface area contributed by atoms with Gasteiger partial charge >= 0.3 is 5.97 Å². The first-order valence-corrected chi connectivity index (χ1v) is 10.9. The molecule has 0 unspecified atom stereocenters. The number of esters is 1. The molecule has 6 nitrogen and oxygen atoms in total. The number of benzene rings is 2. The topological polar surface area (TPSA) is 65.1 Å². The van der Waals surface area contributed by atoms with Crippen LogP contribution >= 0.6 is 0 Å². The smallest absolute Gasteiger partial charge is 0.308 e. The van der Waals surface area contributed by atoms with Crippen LogP contribution in [-0.2, 0) is 17.6 Å². The molecule has 0 N–H and O–H groups in total.